The summed E-state index contributed by atoms with van der Waals surface area (Å²) in [6, 6.07) is 0. The number of alkyl halides is 2. The van der Waals surface area contributed by atoms with Crippen molar-refractivity contribution in [3.05, 3.63) is 0 Å². The minimum atomic E-state index is -3.11. The van der Waals surface area contributed by atoms with Gasteiger partial charge in [-0.05, 0) is 0 Å². The van der Waals surface area contributed by atoms with Gasteiger partial charge in [0.25, 0.3) is 5.92 Å². The number of amides is 2. The van der Waals surface area contributed by atoms with Gasteiger partial charge in [-0.15, -0.1) is 12.4 Å². The molecule has 3 N–H and O–H groups in total. The van der Waals surface area contributed by atoms with Crippen LogP contribution in [-0.4, -0.2) is 49.3 Å². The maximum Gasteiger partial charge on any atom is 0.277 e. The zero-order chi connectivity index (χ0) is 12.1. The van der Waals surface area contributed by atoms with Crippen molar-refractivity contribution in [2.75, 3.05) is 26.7 Å². The molecule has 0 aliphatic heterocycles. The second kappa shape index (κ2) is 7.34. The summed E-state index contributed by atoms with van der Waals surface area (Å²) in [5.74, 6) is -4.05. The van der Waals surface area contributed by atoms with Gasteiger partial charge in [-0.3, -0.25) is 9.59 Å². The maximum absolute atomic E-state index is 12.6. The Balaban J connectivity index is 0. The van der Waals surface area contributed by atoms with E-state index in [1.165, 1.54) is 14.0 Å². The van der Waals surface area contributed by atoms with Crippen LogP contribution < -0.4 is 11.1 Å². The van der Waals surface area contributed by atoms with E-state index < -0.39 is 24.9 Å². The van der Waals surface area contributed by atoms with Crippen molar-refractivity contribution in [2.24, 2.45) is 5.73 Å². The third kappa shape index (κ3) is 7.36. The second-order valence-corrected chi connectivity index (χ2v) is 3.21. The molecule has 0 heterocycles. The number of hydrogen-bond acceptors (Lipinski definition) is 3. The summed E-state index contributed by atoms with van der Waals surface area (Å²) in [6.07, 6.45) is 0. The standard InChI is InChI=1S/C8H15F2N3O2.ClH/c1-6(14)13(2)3-7(15)12-5-8(9,10)4-11;/h3-5,11H2,1-2H3,(H,12,15);1H. The SMILES string of the molecule is CC(=O)N(C)CC(=O)NCC(F)(F)CN.Cl. The molecule has 0 atom stereocenters. The highest BCUT2D eigenvalue weighted by molar-refractivity contribution is 5.85. The number of likely N-dealkylation sites (N-methyl/N-ethyl adjacent to an activating group) is 1. The Morgan fingerprint density at radius 3 is 2.31 bits per heavy atom. The van der Waals surface area contributed by atoms with Crippen LogP contribution in [0.1, 0.15) is 6.92 Å². The molecule has 2 amide bonds. The molecule has 8 heteroatoms. The first kappa shape index (κ1) is 17.4. The molecule has 96 valence electrons. The Hall–Kier alpha value is -0.950. The highest BCUT2D eigenvalue weighted by Gasteiger charge is 2.27. The molecule has 0 aliphatic carbocycles. The fourth-order valence-electron chi connectivity index (χ4n) is 0.683. The predicted octanol–water partition coefficient (Wildman–Crippen LogP) is -0.403. The van der Waals surface area contributed by atoms with E-state index in [1.54, 1.807) is 0 Å². The number of halogens is 3. The zero-order valence-corrected chi connectivity index (χ0v) is 9.94. The molecule has 0 aromatic carbocycles. The Bertz CT molecular complexity index is 251. The van der Waals surface area contributed by atoms with E-state index in [1.807, 2.05) is 5.32 Å². The van der Waals surface area contributed by atoms with E-state index in [9.17, 15) is 18.4 Å². The summed E-state index contributed by atoms with van der Waals surface area (Å²) in [5.41, 5.74) is 4.78. The normalized spacial score (nSPS) is 10.3. The van der Waals surface area contributed by atoms with Crippen molar-refractivity contribution < 1.29 is 18.4 Å². The van der Waals surface area contributed by atoms with Crippen LogP contribution in [-0.2, 0) is 9.59 Å². The molecule has 5 nitrogen and oxygen atoms in total. The van der Waals surface area contributed by atoms with Gasteiger partial charge in [0.05, 0.1) is 19.6 Å². The average Bonchev–Trinajstić information content (AvgIpc) is 2.15. The van der Waals surface area contributed by atoms with Crippen molar-refractivity contribution >= 4 is 24.2 Å². The predicted molar refractivity (Wildman–Crippen MR) is 57.6 cm³/mol. The highest BCUT2D eigenvalue weighted by Crippen LogP contribution is 2.08. The van der Waals surface area contributed by atoms with Gasteiger partial charge in [0.2, 0.25) is 11.8 Å². The van der Waals surface area contributed by atoms with E-state index in [4.69, 9.17) is 5.73 Å². The topological polar surface area (TPSA) is 75.4 Å². The first-order valence-corrected chi connectivity index (χ1v) is 4.35. The summed E-state index contributed by atoms with van der Waals surface area (Å²) in [6.45, 7) is -0.596. The zero-order valence-electron chi connectivity index (χ0n) is 9.13. The van der Waals surface area contributed by atoms with Gasteiger partial charge in [-0.25, -0.2) is 8.78 Å². The third-order valence-corrected chi connectivity index (χ3v) is 1.76. The molecule has 0 unspecified atom stereocenters. The van der Waals surface area contributed by atoms with Crippen molar-refractivity contribution in [3.63, 3.8) is 0 Å². The molecule has 0 spiro atoms. The summed E-state index contributed by atoms with van der Waals surface area (Å²) >= 11 is 0. The Kier molecular flexibility index (Phi) is 8.01. The fraction of sp³-hybridized carbons (Fsp3) is 0.750. The number of carbonyl (C=O) groups excluding carboxylic acids is 2. The fourth-order valence-corrected chi connectivity index (χ4v) is 0.683. The van der Waals surface area contributed by atoms with Gasteiger partial charge in [0.15, 0.2) is 0 Å². The first-order valence-electron chi connectivity index (χ1n) is 4.35. The van der Waals surface area contributed by atoms with Gasteiger partial charge < -0.3 is 16.0 Å². The van der Waals surface area contributed by atoms with Crippen LogP contribution >= 0.6 is 12.4 Å². The largest absolute Gasteiger partial charge is 0.348 e. The van der Waals surface area contributed by atoms with E-state index >= 15 is 0 Å². The molecule has 0 aromatic heterocycles. The van der Waals surface area contributed by atoms with Crippen molar-refractivity contribution in [1.29, 1.82) is 0 Å². The first-order chi connectivity index (χ1) is 6.78. The number of rotatable bonds is 5. The molecule has 0 fully saturated rings. The van der Waals surface area contributed by atoms with Crippen molar-refractivity contribution in [3.8, 4) is 0 Å². The van der Waals surface area contributed by atoms with Crippen LogP contribution in [0.5, 0.6) is 0 Å². The highest BCUT2D eigenvalue weighted by atomic mass is 35.5. The number of nitrogens with one attached hydrogen (secondary N) is 1. The van der Waals surface area contributed by atoms with Crippen LogP contribution in [0.2, 0.25) is 0 Å². The molecule has 0 aromatic rings. The average molecular weight is 260 g/mol. The molecule has 0 saturated heterocycles. The van der Waals surface area contributed by atoms with Crippen LogP contribution in [0.3, 0.4) is 0 Å². The smallest absolute Gasteiger partial charge is 0.277 e. The van der Waals surface area contributed by atoms with Crippen LogP contribution in [0, 0.1) is 0 Å². The van der Waals surface area contributed by atoms with Crippen LogP contribution in [0.25, 0.3) is 0 Å². The Morgan fingerprint density at radius 2 is 1.94 bits per heavy atom. The van der Waals surface area contributed by atoms with Gasteiger partial charge in [0, 0.05) is 14.0 Å². The minimum absolute atomic E-state index is 0. The van der Waals surface area contributed by atoms with Gasteiger partial charge >= 0.3 is 0 Å². The second-order valence-electron chi connectivity index (χ2n) is 3.21. The van der Waals surface area contributed by atoms with Crippen LogP contribution in [0.4, 0.5) is 8.78 Å². The molecular weight excluding hydrogens is 244 g/mol. The van der Waals surface area contributed by atoms with Gasteiger partial charge in [0.1, 0.15) is 0 Å². The molecule has 0 saturated carbocycles. The van der Waals surface area contributed by atoms with E-state index in [0.29, 0.717) is 0 Å². The van der Waals surface area contributed by atoms with E-state index in [0.717, 1.165) is 4.90 Å². The summed E-state index contributed by atoms with van der Waals surface area (Å²) in [7, 11) is 1.41. The lowest BCUT2D eigenvalue weighted by Gasteiger charge is -2.17. The lowest BCUT2D eigenvalue weighted by atomic mass is 10.3. The number of hydrogen-bond donors (Lipinski definition) is 2. The van der Waals surface area contributed by atoms with Crippen LogP contribution in [0.15, 0.2) is 0 Å². The van der Waals surface area contributed by atoms with Gasteiger partial charge in [-0.2, -0.15) is 0 Å². The lowest BCUT2D eigenvalue weighted by Crippen LogP contribution is -2.45. The molecule has 0 rings (SSSR count). The minimum Gasteiger partial charge on any atom is -0.348 e. The number of carbonyl (C=O) groups is 2. The molecule has 0 radical (unpaired) electrons. The number of nitrogens with two attached hydrogens (primary N) is 1. The monoisotopic (exact) mass is 259 g/mol. The van der Waals surface area contributed by atoms with E-state index in [-0.39, 0.29) is 24.9 Å². The molecular formula is C8H16ClF2N3O2. The van der Waals surface area contributed by atoms with Gasteiger partial charge in [-0.1, -0.05) is 0 Å². The molecule has 0 aliphatic rings. The van der Waals surface area contributed by atoms with E-state index in [2.05, 4.69) is 0 Å². The summed E-state index contributed by atoms with van der Waals surface area (Å²) in [5, 5.41) is 2.00. The van der Waals surface area contributed by atoms with Crippen molar-refractivity contribution in [2.45, 2.75) is 12.8 Å². The Morgan fingerprint density at radius 1 is 1.44 bits per heavy atom. The summed E-state index contributed by atoms with van der Waals surface area (Å²) < 4.78 is 25.2. The quantitative estimate of drug-likeness (QED) is 0.705. The molecule has 16 heavy (non-hydrogen) atoms. The summed E-state index contributed by atoms with van der Waals surface area (Å²) in [4.78, 5) is 22.9. The maximum atomic E-state index is 12.6. The lowest BCUT2D eigenvalue weighted by molar-refractivity contribution is -0.133. The Labute approximate surface area is 98.8 Å². The number of nitrogens with zero attached hydrogens (tertiary/aromatic N) is 1. The molecule has 0 bridgehead atoms. The third-order valence-electron chi connectivity index (χ3n) is 1.76. The van der Waals surface area contributed by atoms with Crippen molar-refractivity contribution in [1.82, 2.24) is 10.2 Å².